The number of halogens is 1. The second kappa shape index (κ2) is 6.88. The molecule has 0 bridgehead atoms. The minimum absolute atomic E-state index is 0.0302. The maximum atomic E-state index is 9.17. The van der Waals surface area contributed by atoms with Crippen molar-refractivity contribution in [2.45, 2.75) is 13.0 Å². The van der Waals surface area contributed by atoms with Crippen LogP contribution in [0.4, 0.5) is 0 Å². The molecule has 4 nitrogen and oxygen atoms in total. The fourth-order valence-corrected chi connectivity index (χ4v) is 3.38. The van der Waals surface area contributed by atoms with Crippen molar-refractivity contribution in [2.24, 2.45) is 5.73 Å². The van der Waals surface area contributed by atoms with Crippen LogP contribution in [-0.4, -0.2) is 9.55 Å². The molecule has 0 aliphatic rings. The molecule has 0 saturated heterocycles. The molecule has 1 heterocycles. The van der Waals surface area contributed by atoms with Crippen LogP contribution < -0.4 is 5.73 Å². The highest BCUT2D eigenvalue weighted by atomic mass is 35.5. The van der Waals surface area contributed by atoms with Gasteiger partial charge in [0.05, 0.1) is 22.7 Å². The number of fused-ring (bicyclic) bond motifs is 1. The zero-order valence-corrected chi connectivity index (χ0v) is 15.5. The zero-order valence-electron chi connectivity index (χ0n) is 14.7. The summed E-state index contributed by atoms with van der Waals surface area (Å²) in [5.74, 6) is 0. The molecule has 4 rings (SSSR count). The third-order valence-electron chi connectivity index (χ3n) is 4.63. The van der Waals surface area contributed by atoms with E-state index in [-0.39, 0.29) is 6.04 Å². The first-order valence-corrected chi connectivity index (χ1v) is 8.97. The Labute approximate surface area is 162 Å². The maximum absolute atomic E-state index is 9.17. The van der Waals surface area contributed by atoms with Gasteiger partial charge in [-0.1, -0.05) is 29.8 Å². The van der Waals surface area contributed by atoms with E-state index in [2.05, 4.69) is 11.1 Å². The third-order valence-corrected chi connectivity index (χ3v) is 4.96. The first-order valence-electron chi connectivity index (χ1n) is 8.60. The average molecular weight is 373 g/mol. The molecule has 1 aromatic heterocycles. The number of hydrogen-bond acceptors (Lipinski definition) is 3. The third kappa shape index (κ3) is 3.19. The Morgan fingerprint density at radius 2 is 1.96 bits per heavy atom. The van der Waals surface area contributed by atoms with E-state index >= 15 is 0 Å². The lowest BCUT2D eigenvalue weighted by Gasteiger charge is -2.10. The number of imidazole rings is 1. The predicted molar refractivity (Wildman–Crippen MR) is 109 cm³/mol. The monoisotopic (exact) mass is 372 g/mol. The van der Waals surface area contributed by atoms with Gasteiger partial charge in [0.25, 0.3) is 0 Å². The van der Waals surface area contributed by atoms with Crippen LogP contribution >= 0.6 is 11.6 Å². The molecule has 0 radical (unpaired) electrons. The molecule has 0 saturated carbocycles. The molecule has 1 unspecified atom stereocenters. The first-order chi connectivity index (χ1) is 13.1. The largest absolute Gasteiger partial charge is 0.324 e. The number of hydrogen-bond donors (Lipinski definition) is 1. The Bertz CT molecular complexity index is 1180. The molecule has 5 heteroatoms. The normalized spacial score (nSPS) is 12.1. The van der Waals surface area contributed by atoms with Crippen LogP contribution in [0, 0.1) is 11.3 Å². The van der Waals surface area contributed by atoms with E-state index in [1.54, 1.807) is 12.1 Å². The Balaban J connectivity index is 1.82. The molecule has 0 spiro atoms. The molecule has 4 aromatic rings. The van der Waals surface area contributed by atoms with Gasteiger partial charge in [-0.05, 0) is 60.5 Å². The van der Waals surface area contributed by atoms with Gasteiger partial charge in [0.15, 0.2) is 0 Å². The van der Waals surface area contributed by atoms with Crippen LogP contribution in [0.15, 0.2) is 67.0 Å². The summed E-state index contributed by atoms with van der Waals surface area (Å²) in [5, 5.41) is 9.78. The van der Waals surface area contributed by atoms with Crippen LogP contribution in [0.1, 0.15) is 24.1 Å². The van der Waals surface area contributed by atoms with Crippen LogP contribution in [0.5, 0.6) is 0 Å². The van der Waals surface area contributed by atoms with Crippen LogP contribution in [0.3, 0.4) is 0 Å². The molecule has 3 aromatic carbocycles. The molecular weight excluding hydrogens is 356 g/mol. The van der Waals surface area contributed by atoms with Crippen LogP contribution in [0.25, 0.3) is 27.8 Å². The molecular formula is C22H17ClN4. The van der Waals surface area contributed by atoms with E-state index in [0.717, 1.165) is 33.4 Å². The van der Waals surface area contributed by atoms with E-state index in [9.17, 15) is 5.26 Å². The van der Waals surface area contributed by atoms with Gasteiger partial charge in [-0.15, -0.1) is 0 Å². The minimum atomic E-state index is -0.0302. The summed E-state index contributed by atoms with van der Waals surface area (Å²) in [6.45, 7) is 1.96. The van der Waals surface area contributed by atoms with Crippen molar-refractivity contribution in [3.05, 3.63) is 83.1 Å². The molecule has 132 valence electrons. The van der Waals surface area contributed by atoms with Gasteiger partial charge < -0.3 is 5.73 Å². The fraction of sp³-hybridized carbons (Fsp3) is 0.0909. The SMILES string of the molecule is CC(N)c1ccc2c(c1)ncn2-c1cccc(-c2cc(C#N)ccc2Cl)c1. The lowest BCUT2D eigenvalue weighted by atomic mass is 10.0. The number of nitrogens with two attached hydrogens (primary N) is 1. The van der Waals surface area contributed by atoms with E-state index < -0.39 is 0 Å². The molecule has 0 amide bonds. The average Bonchev–Trinajstić information content (AvgIpc) is 3.11. The summed E-state index contributed by atoms with van der Waals surface area (Å²) in [6, 6.07) is 21.5. The quantitative estimate of drug-likeness (QED) is 0.534. The van der Waals surface area contributed by atoms with Gasteiger partial charge in [-0.3, -0.25) is 4.57 Å². The lowest BCUT2D eigenvalue weighted by molar-refractivity contribution is 0.819. The lowest BCUT2D eigenvalue weighted by Crippen LogP contribution is -2.04. The standard InChI is InChI=1S/C22H17ClN4/c1-14(25)16-6-8-22-21(11-16)26-13-27(22)18-4-2-3-17(10-18)19-9-15(12-24)5-7-20(19)23/h2-11,13-14H,25H2,1H3. The number of rotatable bonds is 3. The topological polar surface area (TPSA) is 67.6 Å². The van der Waals surface area contributed by atoms with Gasteiger partial charge in [0.2, 0.25) is 0 Å². The molecule has 0 aliphatic carbocycles. The minimum Gasteiger partial charge on any atom is -0.324 e. The number of nitrogens with zero attached hydrogens (tertiary/aromatic N) is 3. The Hall–Kier alpha value is -3.13. The maximum Gasteiger partial charge on any atom is 0.100 e. The van der Waals surface area contributed by atoms with Crippen LogP contribution in [-0.2, 0) is 0 Å². The molecule has 0 aliphatic heterocycles. The van der Waals surface area contributed by atoms with Crippen LogP contribution in [0.2, 0.25) is 5.02 Å². The summed E-state index contributed by atoms with van der Waals surface area (Å²) in [5.41, 5.74) is 12.3. The van der Waals surface area contributed by atoms with Gasteiger partial charge in [-0.25, -0.2) is 4.98 Å². The van der Waals surface area contributed by atoms with Crippen molar-refractivity contribution in [2.75, 3.05) is 0 Å². The molecule has 27 heavy (non-hydrogen) atoms. The van der Waals surface area contributed by atoms with Crippen molar-refractivity contribution in [1.82, 2.24) is 9.55 Å². The van der Waals surface area contributed by atoms with E-state index in [1.165, 1.54) is 0 Å². The summed E-state index contributed by atoms with van der Waals surface area (Å²) in [7, 11) is 0. The fourth-order valence-electron chi connectivity index (χ4n) is 3.16. The van der Waals surface area contributed by atoms with Gasteiger partial charge in [0, 0.05) is 22.3 Å². The summed E-state index contributed by atoms with van der Waals surface area (Å²) in [6.07, 6.45) is 1.81. The number of nitriles is 1. The van der Waals surface area contributed by atoms with E-state index in [0.29, 0.717) is 10.6 Å². The smallest absolute Gasteiger partial charge is 0.100 e. The van der Waals surface area contributed by atoms with Crippen molar-refractivity contribution < 1.29 is 0 Å². The van der Waals surface area contributed by atoms with Crippen molar-refractivity contribution >= 4 is 22.6 Å². The Morgan fingerprint density at radius 1 is 1.11 bits per heavy atom. The highest BCUT2D eigenvalue weighted by Gasteiger charge is 2.10. The van der Waals surface area contributed by atoms with Gasteiger partial charge >= 0.3 is 0 Å². The highest BCUT2D eigenvalue weighted by Crippen LogP contribution is 2.31. The first kappa shape index (κ1) is 17.3. The second-order valence-corrected chi connectivity index (χ2v) is 6.92. The number of aromatic nitrogens is 2. The van der Waals surface area contributed by atoms with Gasteiger partial charge in [0.1, 0.15) is 6.33 Å². The summed E-state index contributed by atoms with van der Waals surface area (Å²) in [4.78, 5) is 4.52. The Kier molecular flexibility index (Phi) is 4.41. The summed E-state index contributed by atoms with van der Waals surface area (Å²) >= 11 is 6.37. The van der Waals surface area contributed by atoms with Gasteiger partial charge in [-0.2, -0.15) is 5.26 Å². The predicted octanol–water partition coefficient (Wildman–Crippen LogP) is 5.24. The number of benzene rings is 3. The Morgan fingerprint density at radius 3 is 2.74 bits per heavy atom. The van der Waals surface area contributed by atoms with Crippen molar-refractivity contribution in [3.63, 3.8) is 0 Å². The second-order valence-electron chi connectivity index (χ2n) is 6.51. The zero-order chi connectivity index (χ0) is 19.0. The van der Waals surface area contributed by atoms with Crippen molar-refractivity contribution in [3.8, 4) is 22.9 Å². The van der Waals surface area contributed by atoms with Crippen molar-refractivity contribution in [1.29, 1.82) is 5.26 Å². The molecule has 0 fully saturated rings. The summed E-state index contributed by atoms with van der Waals surface area (Å²) < 4.78 is 2.03. The van der Waals surface area contributed by atoms with E-state index in [1.807, 2.05) is 66.3 Å². The molecule has 1 atom stereocenters. The highest BCUT2D eigenvalue weighted by molar-refractivity contribution is 6.33. The molecule has 2 N–H and O–H groups in total. The van der Waals surface area contributed by atoms with E-state index in [4.69, 9.17) is 17.3 Å².